The first-order chi connectivity index (χ1) is 15.1. The van der Waals surface area contributed by atoms with Crippen LogP contribution in [0.25, 0.3) is 0 Å². The van der Waals surface area contributed by atoms with Gasteiger partial charge in [0.05, 0.1) is 12.5 Å². The molecule has 0 bridgehead atoms. The molecule has 0 saturated heterocycles. The lowest BCUT2D eigenvalue weighted by atomic mass is 10.2. The summed E-state index contributed by atoms with van der Waals surface area (Å²) in [6, 6.07) is 26.8. The molecule has 3 rings (SSSR count). The minimum atomic E-state index is -1.05. The number of nitrogens with zero attached hydrogens (tertiary/aromatic N) is 2. The highest BCUT2D eigenvalue weighted by Crippen LogP contribution is 2.26. The normalized spacial score (nSPS) is 11.1. The van der Waals surface area contributed by atoms with Crippen LogP contribution >= 0.6 is 0 Å². The number of para-hydroxylation sites is 3. The predicted octanol–water partition coefficient (Wildman–Crippen LogP) is 4.97. The van der Waals surface area contributed by atoms with Crippen molar-refractivity contribution in [3.63, 3.8) is 0 Å². The predicted molar refractivity (Wildman–Crippen MR) is 117 cm³/mol. The fourth-order valence-electron chi connectivity index (χ4n) is 2.97. The van der Waals surface area contributed by atoms with E-state index in [4.69, 9.17) is 14.7 Å². The zero-order chi connectivity index (χ0) is 22.1. The Morgan fingerprint density at radius 2 is 1.55 bits per heavy atom. The Hall–Kier alpha value is -4.11. The van der Waals surface area contributed by atoms with Gasteiger partial charge in [0.15, 0.2) is 6.10 Å². The molecule has 156 valence electrons. The summed E-state index contributed by atoms with van der Waals surface area (Å²) in [5.74, 6) is -0.154. The Balaban J connectivity index is 1.75. The third-order valence-corrected chi connectivity index (χ3v) is 4.49. The zero-order valence-corrected chi connectivity index (χ0v) is 17.1. The molecule has 0 fully saturated rings. The summed E-state index contributed by atoms with van der Waals surface area (Å²) in [5.41, 5.74) is 0.854. The number of esters is 1. The maximum absolute atomic E-state index is 13.0. The monoisotopic (exact) mass is 414 g/mol. The molecule has 3 aromatic rings. The van der Waals surface area contributed by atoms with Gasteiger partial charge in [0.2, 0.25) is 0 Å². The topological polar surface area (TPSA) is 79.6 Å². The maximum Gasteiger partial charge on any atom is 0.342 e. The molecule has 6 nitrogen and oxygen atoms in total. The third-order valence-electron chi connectivity index (χ3n) is 4.49. The van der Waals surface area contributed by atoms with Gasteiger partial charge in [-0.3, -0.25) is 4.79 Å². The van der Waals surface area contributed by atoms with Crippen LogP contribution in [-0.4, -0.2) is 24.5 Å². The molecular weight excluding hydrogens is 392 g/mol. The van der Waals surface area contributed by atoms with Crippen LogP contribution in [0.1, 0.15) is 23.7 Å². The molecule has 0 aliphatic heterocycles. The second-order valence-corrected chi connectivity index (χ2v) is 6.69. The molecule has 0 N–H and O–H groups in total. The van der Waals surface area contributed by atoms with Crippen LogP contribution in [0.15, 0.2) is 84.9 Å². The van der Waals surface area contributed by atoms with Crippen molar-refractivity contribution >= 4 is 17.6 Å². The van der Waals surface area contributed by atoms with E-state index < -0.39 is 18.0 Å². The number of anilines is 1. The summed E-state index contributed by atoms with van der Waals surface area (Å²) >= 11 is 0. The number of hydrogen-bond acceptors (Lipinski definition) is 5. The number of nitriles is 1. The lowest BCUT2D eigenvalue weighted by Gasteiger charge is -2.25. The van der Waals surface area contributed by atoms with E-state index in [2.05, 4.69) is 0 Å². The summed E-state index contributed by atoms with van der Waals surface area (Å²) in [7, 11) is 0. The molecule has 3 aromatic carbocycles. The van der Waals surface area contributed by atoms with Crippen LogP contribution in [0.4, 0.5) is 5.69 Å². The summed E-state index contributed by atoms with van der Waals surface area (Å²) in [6.45, 7) is 1.72. The van der Waals surface area contributed by atoms with Gasteiger partial charge in [-0.15, -0.1) is 0 Å². The first kappa shape index (κ1) is 21.6. The van der Waals surface area contributed by atoms with Gasteiger partial charge < -0.3 is 14.4 Å². The number of rotatable bonds is 8. The van der Waals surface area contributed by atoms with Gasteiger partial charge in [0.1, 0.15) is 17.1 Å². The molecular formula is C25H22N2O4. The van der Waals surface area contributed by atoms with E-state index in [1.54, 1.807) is 60.7 Å². The Labute approximate surface area is 181 Å². The minimum absolute atomic E-state index is 0.162. The van der Waals surface area contributed by atoms with Crippen molar-refractivity contribution in [3.05, 3.63) is 90.5 Å². The van der Waals surface area contributed by atoms with Crippen molar-refractivity contribution in [1.82, 2.24) is 0 Å². The molecule has 0 radical (unpaired) electrons. The molecule has 1 amide bonds. The molecule has 1 unspecified atom stereocenters. The largest absolute Gasteiger partial charge is 0.456 e. The molecule has 0 aromatic heterocycles. The Bertz CT molecular complexity index is 1060. The van der Waals surface area contributed by atoms with Gasteiger partial charge >= 0.3 is 5.97 Å². The van der Waals surface area contributed by atoms with Crippen molar-refractivity contribution in [1.29, 1.82) is 5.26 Å². The summed E-state index contributed by atoms with van der Waals surface area (Å²) in [4.78, 5) is 27.3. The van der Waals surface area contributed by atoms with Crippen molar-refractivity contribution < 1.29 is 19.1 Å². The molecule has 6 heteroatoms. The highest BCUT2D eigenvalue weighted by Gasteiger charge is 2.26. The van der Waals surface area contributed by atoms with Crippen LogP contribution in [0.2, 0.25) is 0 Å². The average Bonchev–Trinajstić information content (AvgIpc) is 2.81. The minimum Gasteiger partial charge on any atom is -0.456 e. The van der Waals surface area contributed by atoms with E-state index >= 15 is 0 Å². The van der Waals surface area contributed by atoms with Gasteiger partial charge in [0, 0.05) is 12.2 Å². The summed E-state index contributed by atoms with van der Waals surface area (Å²) in [5, 5.41) is 8.94. The summed E-state index contributed by atoms with van der Waals surface area (Å²) in [6.07, 6.45) is -0.883. The van der Waals surface area contributed by atoms with Gasteiger partial charge in [-0.1, -0.05) is 48.5 Å². The Morgan fingerprint density at radius 1 is 0.935 bits per heavy atom. The van der Waals surface area contributed by atoms with Crippen LogP contribution in [0, 0.1) is 11.3 Å². The van der Waals surface area contributed by atoms with Crippen LogP contribution in [0.5, 0.6) is 11.5 Å². The molecule has 0 saturated carbocycles. The van der Waals surface area contributed by atoms with Crippen molar-refractivity contribution in [3.8, 4) is 17.6 Å². The molecule has 0 heterocycles. The summed E-state index contributed by atoms with van der Waals surface area (Å²) < 4.78 is 11.3. The molecule has 1 atom stereocenters. The average molecular weight is 414 g/mol. The molecule has 31 heavy (non-hydrogen) atoms. The highest BCUT2D eigenvalue weighted by molar-refractivity contribution is 5.99. The van der Waals surface area contributed by atoms with Crippen molar-refractivity contribution in [2.75, 3.05) is 11.4 Å². The van der Waals surface area contributed by atoms with Crippen LogP contribution < -0.4 is 9.64 Å². The van der Waals surface area contributed by atoms with Crippen LogP contribution in [-0.2, 0) is 9.53 Å². The van der Waals surface area contributed by atoms with E-state index in [9.17, 15) is 9.59 Å². The Morgan fingerprint density at radius 3 is 2.23 bits per heavy atom. The van der Waals surface area contributed by atoms with E-state index in [0.717, 1.165) is 0 Å². The third kappa shape index (κ3) is 5.71. The molecule has 0 spiro atoms. The number of amides is 1. The van der Waals surface area contributed by atoms with Gasteiger partial charge in [0.25, 0.3) is 5.91 Å². The lowest BCUT2D eigenvalue weighted by molar-refractivity contribution is -0.126. The second-order valence-electron chi connectivity index (χ2n) is 6.69. The van der Waals surface area contributed by atoms with Gasteiger partial charge in [-0.05, 0) is 43.3 Å². The first-order valence-corrected chi connectivity index (χ1v) is 9.86. The van der Waals surface area contributed by atoms with Gasteiger partial charge in [-0.25, -0.2) is 4.79 Å². The fourth-order valence-corrected chi connectivity index (χ4v) is 2.97. The van der Waals surface area contributed by atoms with Crippen LogP contribution in [0.3, 0.4) is 0 Å². The zero-order valence-electron chi connectivity index (χ0n) is 17.1. The molecule has 0 aliphatic rings. The van der Waals surface area contributed by atoms with Crippen molar-refractivity contribution in [2.24, 2.45) is 0 Å². The number of carbonyl (C=O) groups excluding carboxylic acids is 2. The molecule has 0 aliphatic carbocycles. The maximum atomic E-state index is 13.0. The van der Waals surface area contributed by atoms with E-state index in [1.807, 2.05) is 30.3 Å². The number of carbonyl (C=O) groups is 2. The fraction of sp³-hybridized carbons (Fsp3) is 0.160. The SMILES string of the molecule is CC(OC(=O)c1ccccc1Oc1ccccc1)C(=O)N(CCC#N)c1ccccc1. The number of ether oxygens (including phenoxy) is 2. The quantitative estimate of drug-likeness (QED) is 0.486. The highest BCUT2D eigenvalue weighted by atomic mass is 16.5. The van der Waals surface area contributed by atoms with E-state index in [1.165, 1.54) is 11.8 Å². The van der Waals surface area contributed by atoms with E-state index in [0.29, 0.717) is 17.2 Å². The van der Waals surface area contributed by atoms with E-state index in [-0.39, 0.29) is 18.5 Å². The lowest BCUT2D eigenvalue weighted by Crippen LogP contribution is -2.40. The second kappa shape index (κ2) is 10.6. The van der Waals surface area contributed by atoms with Gasteiger partial charge in [-0.2, -0.15) is 5.26 Å². The smallest absolute Gasteiger partial charge is 0.342 e. The number of benzene rings is 3. The standard InChI is InChI=1S/C25H22N2O4/c1-19(24(28)27(18-10-17-26)20-11-4-2-5-12-20)30-25(29)22-15-8-9-16-23(22)31-21-13-6-3-7-14-21/h2-9,11-16,19H,10,18H2,1H3. The number of hydrogen-bond donors (Lipinski definition) is 0. The van der Waals surface area contributed by atoms with Crippen molar-refractivity contribution in [2.45, 2.75) is 19.4 Å². The Kier molecular flexibility index (Phi) is 7.39. The first-order valence-electron chi connectivity index (χ1n) is 9.86.